The van der Waals surface area contributed by atoms with Crippen LogP contribution in [0.4, 0.5) is 0 Å². The van der Waals surface area contributed by atoms with Gasteiger partial charge in [0, 0.05) is 0 Å². The highest BCUT2D eigenvalue weighted by Crippen LogP contribution is 2.42. The van der Waals surface area contributed by atoms with Crippen molar-refractivity contribution >= 4 is 23.5 Å². The Morgan fingerprint density at radius 2 is 1.88 bits per heavy atom. The van der Waals surface area contributed by atoms with Gasteiger partial charge >= 0.3 is 5.97 Å². The van der Waals surface area contributed by atoms with Crippen LogP contribution < -0.4 is 5.73 Å². The van der Waals surface area contributed by atoms with Crippen molar-refractivity contribution in [2.24, 2.45) is 17.6 Å². The molecule has 2 aliphatic carbocycles. The molecule has 0 spiro atoms. The largest absolute Gasteiger partial charge is 0.468 e. The number of ketones is 1. The van der Waals surface area contributed by atoms with Crippen LogP contribution in [0, 0.1) is 18.8 Å². The molecule has 3 rings (SSSR count). The molecule has 0 saturated heterocycles. The number of thioether (sulfide) groups is 1. The fourth-order valence-electron chi connectivity index (χ4n) is 6.54. The summed E-state index contributed by atoms with van der Waals surface area (Å²) in [5, 5.41) is -0.429. The lowest BCUT2D eigenvalue weighted by atomic mass is 9.65. The summed E-state index contributed by atoms with van der Waals surface area (Å²) in [6.07, 6.45) is 22.9. The minimum atomic E-state index is -0.836. The van der Waals surface area contributed by atoms with Gasteiger partial charge in [-0.3, -0.25) is 9.59 Å². The van der Waals surface area contributed by atoms with Crippen molar-refractivity contribution in [3.63, 3.8) is 0 Å². The maximum Gasteiger partial charge on any atom is 0.322 e. The van der Waals surface area contributed by atoms with E-state index in [1.807, 2.05) is 24.5 Å². The third-order valence-corrected chi connectivity index (χ3v) is 9.89. The van der Waals surface area contributed by atoms with Crippen molar-refractivity contribution in [3.05, 3.63) is 59.7 Å². The van der Waals surface area contributed by atoms with E-state index >= 15 is 0 Å². The average molecular weight is 570 g/mol. The Morgan fingerprint density at radius 3 is 2.55 bits per heavy atom. The summed E-state index contributed by atoms with van der Waals surface area (Å²) >= 11 is 1.45. The van der Waals surface area contributed by atoms with E-state index in [0.717, 1.165) is 29.9 Å². The molecule has 0 heterocycles. The Hall–Kier alpha value is -1.89. The van der Waals surface area contributed by atoms with Gasteiger partial charge in [0.25, 0.3) is 0 Å². The maximum absolute atomic E-state index is 14.3. The number of allylic oxidation sites excluding steroid dienone is 3. The highest BCUT2D eigenvalue weighted by Gasteiger charge is 2.46. The number of carbonyl (C=O) groups excluding carboxylic acids is 2. The van der Waals surface area contributed by atoms with Crippen LogP contribution in [-0.4, -0.2) is 49.1 Å². The standard InChI is InChI=1S/C34H51NO4S/c1-5-6-8-18-27(22-26-16-9-7-10-17-26)39-24-34(28-19-12-11-15-25(28)2)21-14-13-20-29(34)32(36)31(40-4)23-30(35)33(37)38-3/h11-15,19-21,26-27,29-31H,5-10,16-18,22-24,35H2,1-4H3. The lowest BCUT2D eigenvalue weighted by Gasteiger charge is -2.41. The molecular formula is C34H51NO4S. The molecule has 0 bridgehead atoms. The smallest absolute Gasteiger partial charge is 0.322 e. The van der Waals surface area contributed by atoms with Gasteiger partial charge in [-0.2, -0.15) is 11.8 Å². The second-order valence-corrected chi connectivity index (χ2v) is 12.8. The van der Waals surface area contributed by atoms with Gasteiger partial charge in [-0.25, -0.2) is 0 Å². The summed E-state index contributed by atoms with van der Waals surface area (Å²) in [5.74, 6) is -0.104. The molecule has 0 aromatic heterocycles. The first-order valence-corrected chi connectivity index (χ1v) is 16.6. The molecule has 1 aromatic rings. The molecule has 5 nitrogen and oxygen atoms in total. The number of ether oxygens (including phenoxy) is 2. The molecule has 1 aromatic carbocycles. The molecule has 1 fully saturated rings. The SMILES string of the molecule is CCCCCC(CC1CCCCC1)OCC1(c2ccccc2C)C=CC=CC1C(=O)C(CC(N)C(=O)OC)SC. The predicted molar refractivity (Wildman–Crippen MR) is 167 cm³/mol. The summed E-state index contributed by atoms with van der Waals surface area (Å²) in [6, 6.07) is 7.52. The third kappa shape index (κ3) is 8.56. The van der Waals surface area contributed by atoms with Crippen LogP contribution in [0.5, 0.6) is 0 Å². The summed E-state index contributed by atoms with van der Waals surface area (Å²) in [4.78, 5) is 26.4. The van der Waals surface area contributed by atoms with Crippen LogP contribution in [0.3, 0.4) is 0 Å². The van der Waals surface area contributed by atoms with E-state index in [2.05, 4.69) is 44.2 Å². The van der Waals surface area contributed by atoms with E-state index in [1.165, 1.54) is 70.2 Å². The second kappa shape index (κ2) is 16.5. The first-order valence-electron chi connectivity index (χ1n) is 15.3. The van der Waals surface area contributed by atoms with Crippen molar-refractivity contribution in [1.82, 2.24) is 0 Å². The fourth-order valence-corrected chi connectivity index (χ4v) is 7.32. The Kier molecular flexibility index (Phi) is 13.5. The van der Waals surface area contributed by atoms with Gasteiger partial charge in [0.15, 0.2) is 5.78 Å². The zero-order valence-electron chi connectivity index (χ0n) is 25.1. The molecule has 6 heteroatoms. The Balaban J connectivity index is 1.92. The number of hydrogen-bond acceptors (Lipinski definition) is 6. The summed E-state index contributed by atoms with van der Waals surface area (Å²) < 4.78 is 11.8. The molecule has 5 atom stereocenters. The van der Waals surface area contributed by atoms with Gasteiger partial charge in [0.05, 0.1) is 36.4 Å². The van der Waals surface area contributed by atoms with E-state index in [-0.39, 0.29) is 18.3 Å². The maximum atomic E-state index is 14.3. The summed E-state index contributed by atoms with van der Waals surface area (Å²) in [6.45, 7) is 4.81. The monoisotopic (exact) mass is 569 g/mol. The van der Waals surface area contributed by atoms with Gasteiger partial charge in [-0.05, 0) is 49.5 Å². The van der Waals surface area contributed by atoms with Crippen molar-refractivity contribution in [2.75, 3.05) is 20.0 Å². The topological polar surface area (TPSA) is 78.6 Å². The van der Waals surface area contributed by atoms with Crippen LogP contribution in [-0.2, 0) is 24.5 Å². The number of hydrogen-bond donors (Lipinski definition) is 1. The molecule has 5 unspecified atom stereocenters. The molecule has 40 heavy (non-hydrogen) atoms. The molecule has 2 N–H and O–H groups in total. The number of rotatable bonds is 16. The first-order chi connectivity index (χ1) is 19.4. The van der Waals surface area contributed by atoms with Gasteiger partial charge in [0.2, 0.25) is 0 Å². The van der Waals surface area contributed by atoms with E-state index in [4.69, 9.17) is 15.2 Å². The van der Waals surface area contributed by atoms with Crippen LogP contribution in [0.15, 0.2) is 48.6 Å². The van der Waals surface area contributed by atoms with Gasteiger partial charge in [0.1, 0.15) is 6.04 Å². The third-order valence-electron chi connectivity index (χ3n) is 8.90. The number of unbranched alkanes of at least 4 members (excludes halogenated alkanes) is 2. The summed E-state index contributed by atoms with van der Waals surface area (Å²) in [5.41, 5.74) is 7.76. The number of nitrogens with two attached hydrogens (primary N) is 1. The van der Waals surface area contributed by atoms with E-state index in [1.54, 1.807) is 0 Å². The Labute approximate surface area is 246 Å². The molecule has 0 radical (unpaired) electrons. The van der Waals surface area contributed by atoms with Crippen LogP contribution in [0.1, 0.15) is 88.7 Å². The summed E-state index contributed by atoms with van der Waals surface area (Å²) in [7, 11) is 1.33. The van der Waals surface area contributed by atoms with Crippen LogP contribution in [0.25, 0.3) is 0 Å². The number of Topliss-reactive ketones (excluding diaryl/α,β-unsaturated/α-hetero) is 1. The highest BCUT2D eigenvalue weighted by atomic mass is 32.2. The fraction of sp³-hybridized carbons (Fsp3) is 0.647. The normalized spacial score (nSPS) is 23.5. The molecule has 0 amide bonds. The highest BCUT2D eigenvalue weighted by molar-refractivity contribution is 7.99. The zero-order valence-corrected chi connectivity index (χ0v) is 25.9. The second-order valence-electron chi connectivity index (χ2n) is 11.7. The molecule has 2 aliphatic rings. The van der Waals surface area contributed by atoms with Crippen LogP contribution >= 0.6 is 11.8 Å². The number of esters is 1. The van der Waals surface area contributed by atoms with Crippen molar-refractivity contribution < 1.29 is 19.1 Å². The van der Waals surface area contributed by atoms with E-state index < -0.39 is 28.6 Å². The number of carbonyl (C=O) groups is 2. The number of methoxy groups -OCH3 is 1. The Bertz CT molecular complexity index is 1000. The lowest BCUT2D eigenvalue weighted by Crippen LogP contribution is -2.47. The van der Waals surface area contributed by atoms with Gasteiger partial charge in [-0.1, -0.05) is 107 Å². The Morgan fingerprint density at radius 1 is 1.12 bits per heavy atom. The predicted octanol–water partition coefficient (Wildman–Crippen LogP) is 7.10. The van der Waals surface area contributed by atoms with E-state index in [0.29, 0.717) is 6.61 Å². The molecular weight excluding hydrogens is 518 g/mol. The molecule has 0 aliphatic heterocycles. The first kappa shape index (κ1) is 32.6. The van der Waals surface area contributed by atoms with Crippen molar-refractivity contribution in [2.45, 2.75) is 107 Å². The number of benzene rings is 1. The molecule has 1 saturated carbocycles. The minimum absolute atomic E-state index is 0.0779. The zero-order chi connectivity index (χ0) is 29.0. The average Bonchev–Trinajstić information content (AvgIpc) is 2.98. The van der Waals surface area contributed by atoms with Gasteiger partial charge < -0.3 is 15.2 Å². The van der Waals surface area contributed by atoms with Crippen molar-refractivity contribution in [1.29, 1.82) is 0 Å². The lowest BCUT2D eigenvalue weighted by molar-refractivity contribution is -0.142. The molecule has 222 valence electrons. The van der Waals surface area contributed by atoms with Gasteiger partial charge in [-0.15, -0.1) is 0 Å². The quantitative estimate of drug-likeness (QED) is 0.169. The van der Waals surface area contributed by atoms with Crippen molar-refractivity contribution in [3.8, 4) is 0 Å². The number of aryl methyl sites for hydroxylation is 1. The van der Waals surface area contributed by atoms with Crippen LogP contribution in [0.2, 0.25) is 0 Å². The minimum Gasteiger partial charge on any atom is -0.468 e. The van der Waals surface area contributed by atoms with E-state index in [9.17, 15) is 9.59 Å².